The normalized spacial score (nSPS) is 12.6. The van der Waals surface area contributed by atoms with E-state index in [1.54, 1.807) is 17.0 Å². The SMILES string of the molecule is O=C(Nc1ccc2c(c1)N(C(=O)c1ccco1)CC2)C(c1ccccc1)c1ccccc1. The van der Waals surface area contributed by atoms with Crippen LogP contribution in [0, 0.1) is 0 Å². The molecule has 1 aliphatic heterocycles. The van der Waals surface area contributed by atoms with E-state index >= 15 is 0 Å². The summed E-state index contributed by atoms with van der Waals surface area (Å²) in [4.78, 5) is 27.9. The van der Waals surface area contributed by atoms with Crippen LogP contribution in [0.5, 0.6) is 0 Å². The van der Waals surface area contributed by atoms with Crippen molar-refractivity contribution in [2.75, 3.05) is 16.8 Å². The maximum atomic E-state index is 13.4. The van der Waals surface area contributed by atoms with Gasteiger partial charge >= 0.3 is 0 Å². The van der Waals surface area contributed by atoms with Crippen molar-refractivity contribution in [3.05, 3.63) is 120 Å². The number of benzene rings is 3. The van der Waals surface area contributed by atoms with Crippen LogP contribution >= 0.6 is 0 Å². The van der Waals surface area contributed by atoms with E-state index in [0.717, 1.165) is 28.8 Å². The highest BCUT2D eigenvalue weighted by Gasteiger charge is 2.28. The molecule has 0 aliphatic carbocycles. The zero-order valence-electron chi connectivity index (χ0n) is 17.4. The maximum Gasteiger partial charge on any atom is 0.293 e. The molecule has 0 saturated heterocycles. The molecule has 0 unspecified atom stereocenters. The van der Waals surface area contributed by atoms with E-state index in [2.05, 4.69) is 5.32 Å². The molecule has 1 aromatic heterocycles. The Bertz CT molecular complexity index is 1200. The van der Waals surface area contributed by atoms with Gasteiger partial charge in [-0.25, -0.2) is 0 Å². The standard InChI is InChI=1S/C27H22N2O3/c30-26(25(20-8-3-1-4-9-20)21-10-5-2-6-11-21)28-22-14-13-19-15-16-29(23(19)18-22)27(31)24-12-7-17-32-24/h1-14,17-18,25H,15-16H2,(H,28,30). The average molecular weight is 422 g/mol. The summed E-state index contributed by atoms with van der Waals surface area (Å²) in [7, 11) is 0. The largest absolute Gasteiger partial charge is 0.459 e. The summed E-state index contributed by atoms with van der Waals surface area (Å²) in [6.07, 6.45) is 2.26. The van der Waals surface area contributed by atoms with Crippen LogP contribution in [0.4, 0.5) is 11.4 Å². The van der Waals surface area contributed by atoms with E-state index in [4.69, 9.17) is 4.42 Å². The number of carbonyl (C=O) groups is 2. The van der Waals surface area contributed by atoms with Crippen molar-refractivity contribution in [1.82, 2.24) is 0 Å². The van der Waals surface area contributed by atoms with E-state index in [1.807, 2.05) is 78.9 Å². The van der Waals surface area contributed by atoms with Crippen molar-refractivity contribution in [2.45, 2.75) is 12.3 Å². The van der Waals surface area contributed by atoms with Gasteiger partial charge in [-0.15, -0.1) is 0 Å². The molecule has 3 aromatic carbocycles. The van der Waals surface area contributed by atoms with Gasteiger partial charge < -0.3 is 14.6 Å². The number of hydrogen-bond donors (Lipinski definition) is 1. The van der Waals surface area contributed by atoms with Gasteiger partial charge in [0.15, 0.2) is 5.76 Å². The van der Waals surface area contributed by atoms with Gasteiger partial charge in [-0.2, -0.15) is 0 Å². The van der Waals surface area contributed by atoms with Crippen molar-refractivity contribution >= 4 is 23.2 Å². The number of fused-ring (bicyclic) bond motifs is 1. The number of anilines is 2. The predicted octanol–water partition coefficient (Wildman–Crippen LogP) is 5.25. The van der Waals surface area contributed by atoms with Crippen molar-refractivity contribution in [2.24, 2.45) is 0 Å². The Hall–Kier alpha value is -4.12. The third-order valence-electron chi connectivity index (χ3n) is 5.75. The second-order valence-electron chi connectivity index (χ2n) is 7.77. The van der Waals surface area contributed by atoms with E-state index in [-0.39, 0.29) is 11.8 Å². The first-order valence-corrected chi connectivity index (χ1v) is 10.6. The average Bonchev–Trinajstić information content (AvgIpc) is 3.51. The molecule has 0 fully saturated rings. The van der Waals surface area contributed by atoms with Crippen LogP contribution in [0.2, 0.25) is 0 Å². The monoisotopic (exact) mass is 422 g/mol. The molecule has 5 nitrogen and oxygen atoms in total. The lowest BCUT2D eigenvalue weighted by atomic mass is 9.90. The number of carbonyl (C=O) groups excluding carboxylic acids is 2. The highest BCUT2D eigenvalue weighted by Crippen LogP contribution is 2.33. The molecule has 1 N–H and O–H groups in total. The van der Waals surface area contributed by atoms with Gasteiger partial charge in [0.1, 0.15) is 0 Å². The summed E-state index contributed by atoms with van der Waals surface area (Å²) in [6, 6.07) is 28.6. The molecule has 0 saturated carbocycles. The number of nitrogens with zero attached hydrogens (tertiary/aromatic N) is 1. The topological polar surface area (TPSA) is 62.6 Å². The summed E-state index contributed by atoms with van der Waals surface area (Å²) in [5.41, 5.74) is 4.38. The lowest BCUT2D eigenvalue weighted by Gasteiger charge is -2.20. The van der Waals surface area contributed by atoms with E-state index in [9.17, 15) is 9.59 Å². The Balaban J connectivity index is 1.43. The zero-order valence-corrected chi connectivity index (χ0v) is 17.4. The lowest BCUT2D eigenvalue weighted by molar-refractivity contribution is -0.116. The minimum absolute atomic E-state index is 0.121. The van der Waals surface area contributed by atoms with Crippen molar-refractivity contribution in [3.8, 4) is 0 Å². The van der Waals surface area contributed by atoms with Gasteiger partial charge in [-0.3, -0.25) is 9.59 Å². The molecule has 32 heavy (non-hydrogen) atoms. The molecule has 4 aromatic rings. The van der Waals surface area contributed by atoms with Gasteiger partial charge in [0.05, 0.1) is 12.2 Å². The summed E-state index contributed by atoms with van der Waals surface area (Å²) in [5.74, 6) is -0.431. The highest BCUT2D eigenvalue weighted by atomic mass is 16.3. The minimum atomic E-state index is -0.438. The highest BCUT2D eigenvalue weighted by molar-refractivity contribution is 6.06. The Labute approximate surface area is 186 Å². The summed E-state index contributed by atoms with van der Waals surface area (Å²) < 4.78 is 5.29. The molecule has 158 valence electrons. The lowest BCUT2D eigenvalue weighted by Crippen LogP contribution is -2.28. The van der Waals surface area contributed by atoms with Crippen LogP contribution in [-0.2, 0) is 11.2 Å². The van der Waals surface area contributed by atoms with E-state index in [0.29, 0.717) is 18.0 Å². The first-order chi connectivity index (χ1) is 15.7. The van der Waals surface area contributed by atoms with E-state index < -0.39 is 5.92 Å². The van der Waals surface area contributed by atoms with Crippen molar-refractivity contribution in [1.29, 1.82) is 0 Å². The van der Waals surface area contributed by atoms with Crippen LogP contribution in [-0.4, -0.2) is 18.4 Å². The van der Waals surface area contributed by atoms with Gasteiger partial charge in [0.2, 0.25) is 5.91 Å². The number of nitrogens with one attached hydrogen (secondary N) is 1. The Morgan fingerprint density at radius 1 is 0.844 bits per heavy atom. The molecular formula is C27H22N2O3. The molecule has 5 heteroatoms. The second-order valence-corrected chi connectivity index (χ2v) is 7.77. The second kappa shape index (κ2) is 8.55. The van der Waals surface area contributed by atoms with Gasteiger partial charge in [0.25, 0.3) is 5.91 Å². The van der Waals surface area contributed by atoms with Crippen LogP contribution in [0.3, 0.4) is 0 Å². The third kappa shape index (κ3) is 3.81. The fraction of sp³-hybridized carbons (Fsp3) is 0.111. The first-order valence-electron chi connectivity index (χ1n) is 10.6. The molecule has 1 aliphatic rings. The zero-order chi connectivity index (χ0) is 21.9. The fourth-order valence-corrected chi connectivity index (χ4v) is 4.20. The summed E-state index contributed by atoms with van der Waals surface area (Å²) in [6.45, 7) is 0.586. The molecule has 5 rings (SSSR count). The molecule has 0 atom stereocenters. The smallest absolute Gasteiger partial charge is 0.293 e. The Kier molecular flexibility index (Phi) is 5.30. The minimum Gasteiger partial charge on any atom is -0.459 e. The van der Waals surface area contributed by atoms with Crippen LogP contribution in [0.1, 0.15) is 33.2 Å². The van der Waals surface area contributed by atoms with Gasteiger partial charge in [-0.05, 0) is 47.4 Å². The van der Waals surface area contributed by atoms with Crippen LogP contribution < -0.4 is 10.2 Å². The molecule has 0 radical (unpaired) electrons. The fourth-order valence-electron chi connectivity index (χ4n) is 4.20. The Morgan fingerprint density at radius 2 is 1.53 bits per heavy atom. The summed E-state index contributed by atoms with van der Waals surface area (Å²) in [5, 5.41) is 3.06. The quantitative estimate of drug-likeness (QED) is 0.478. The maximum absolute atomic E-state index is 13.4. The molecular weight excluding hydrogens is 400 g/mol. The number of hydrogen-bond acceptors (Lipinski definition) is 3. The Morgan fingerprint density at radius 3 is 2.16 bits per heavy atom. The predicted molar refractivity (Wildman–Crippen MR) is 124 cm³/mol. The van der Waals surface area contributed by atoms with Crippen molar-refractivity contribution < 1.29 is 14.0 Å². The van der Waals surface area contributed by atoms with Crippen LogP contribution in [0.25, 0.3) is 0 Å². The van der Waals surface area contributed by atoms with Gasteiger partial charge in [-0.1, -0.05) is 66.7 Å². The third-order valence-corrected chi connectivity index (χ3v) is 5.75. The van der Waals surface area contributed by atoms with Gasteiger partial charge in [0, 0.05) is 17.9 Å². The van der Waals surface area contributed by atoms with Crippen molar-refractivity contribution in [3.63, 3.8) is 0 Å². The van der Waals surface area contributed by atoms with E-state index in [1.165, 1.54) is 6.26 Å². The molecule has 2 heterocycles. The molecule has 0 bridgehead atoms. The number of rotatable bonds is 5. The number of furan rings is 1. The van der Waals surface area contributed by atoms with Crippen LogP contribution in [0.15, 0.2) is 102 Å². The number of amides is 2. The summed E-state index contributed by atoms with van der Waals surface area (Å²) >= 11 is 0. The molecule has 0 spiro atoms. The molecule has 2 amide bonds. The first kappa shape index (κ1) is 19.8.